The molecule has 4 heteroatoms. The van der Waals surface area contributed by atoms with Gasteiger partial charge >= 0.3 is 0 Å². The normalized spacial score (nSPS) is 10.3. The van der Waals surface area contributed by atoms with Gasteiger partial charge in [0.2, 0.25) is 5.91 Å². The van der Waals surface area contributed by atoms with Gasteiger partial charge < -0.3 is 15.4 Å². The molecule has 1 aromatic carbocycles. The molecule has 1 amide bonds. The first-order valence-corrected chi connectivity index (χ1v) is 7.36. The predicted octanol–water partition coefficient (Wildman–Crippen LogP) is 2.13. The lowest BCUT2D eigenvalue weighted by Gasteiger charge is -2.06. The van der Waals surface area contributed by atoms with Crippen LogP contribution in [0.5, 0.6) is 5.75 Å². The molecule has 0 aromatic heterocycles. The van der Waals surface area contributed by atoms with E-state index in [2.05, 4.69) is 17.6 Å². The fourth-order valence-corrected chi connectivity index (χ4v) is 1.93. The SMILES string of the molecule is CCCNCCNC(=O)CCCc1ccc(OC)cc1. The van der Waals surface area contributed by atoms with Crippen molar-refractivity contribution >= 4 is 5.91 Å². The van der Waals surface area contributed by atoms with E-state index < -0.39 is 0 Å². The molecular formula is C16H26N2O2. The highest BCUT2D eigenvalue weighted by atomic mass is 16.5. The monoisotopic (exact) mass is 278 g/mol. The standard InChI is InChI=1S/C16H26N2O2/c1-3-11-17-12-13-18-16(19)6-4-5-14-7-9-15(20-2)10-8-14/h7-10,17H,3-6,11-13H2,1-2H3,(H,18,19). The number of rotatable bonds is 10. The van der Waals surface area contributed by atoms with Gasteiger partial charge in [-0.05, 0) is 43.5 Å². The third-order valence-corrected chi connectivity index (χ3v) is 3.08. The summed E-state index contributed by atoms with van der Waals surface area (Å²) in [5, 5.41) is 6.18. The number of aryl methyl sites for hydroxylation is 1. The van der Waals surface area contributed by atoms with Crippen LogP contribution >= 0.6 is 0 Å². The van der Waals surface area contributed by atoms with E-state index in [0.717, 1.165) is 38.1 Å². The Morgan fingerprint density at radius 2 is 1.90 bits per heavy atom. The second-order valence-corrected chi connectivity index (χ2v) is 4.80. The van der Waals surface area contributed by atoms with E-state index in [-0.39, 0.29) is 5.91 Å². The number of hydrogen-bond acceptors (Lipinski definition) is 3. The summed E-state index contributed by atoms with van der Waals surface area (Å²) in [4.78, 5) is 11.6. The quantitative estimate of drug-likeness (QED) is 0.645. The first kappa shape index (κ1) is 16.5. The molecule has 4 nitrogen and oxygen atoms in total. The summed E-state index contributed by atoms with van der Waals surface area (Å²) in [7, 11) is 1.66. The molecule has 0 radical (unpaired) electrons. The Morgan fingerprint density at radius 3 is 2.55 bits per heavy atom. The summed E-state index contributed by atoms with van der Waals surface area (Å²) in [5.74, 6) is 1.00. The van der Waals surface area contributed by atoms with Gasteiger partial charge in [0.1, 0.15) is 5.75 Å². The van der Waals surface area contributed by atoms with Crippen molar-refractivity contribution in [3.63, 3.8) is 0 Å². The molecule has 0 unspecified atom stereocenters. The Morgan fingerprint density at radius 1 is 1.15 bits per heavy atom. The van der Waals surface area contributed by atoms with Crippen LogP contribution in [-0.4, -0.2) is 32.7 Å². The van der Waals surface area contributed by atoms with Gasteiger partial charge in [0.15, 0.2) is 0 Å². The molecule has 0 atom stereocenters. The zero-order valence-corrected chi connectivity index (χ0v) is 12.6. The molecule has 1 aromatic rings. The minimum Gasteiger partial charge on any atom is -0.497 e. The molecule has 0 saturated heterocycles. The number of methoxy groups -OCH3 is 1. The van der Waals surface area contributed by atoms with Crippen LogP contribution in [0.2, 0.25) is 0 Å². The van der Waals surface area contributed by atoms with Gasteiger partial charge in [-0.2, -0.15) is 0 Å². The third kappa shape index (κ3) is 7.14. The van der Waals surface area contributed by atoms with E-state index in [1.165, 1.54) is 5.56 Å². The number of nitrogens with one attached hydrogen (secondary N) is 2. The zero-order valence-electron chi connectivity index (χ0n) is 12.6. The number of carbonyl (C=O) groups excluding carboxylic acids is 1. The molecular weight excluding hydrogens is 252 g/mol. The van der Waals surface area contributed by atoms with E-state index in [1.807, 2.05) is 24.3 Å². The molecule has 20 heavy (non-hydrogen) atoms. The fourth-order valence-electron chi connectivity index (χ4n) is 1.93. The van der Waals surface area contributed by atoms with Gasteiger partial charge in [-0.15, -0.1) is 0 Å². The lowest BCUT2D eigenvalue weighted by Crippen LogP contribution is -2.31. The van der Waals surface area contributed by atoms with Gasteiger partial charge in [-0.3, -0.25) is 4.79 Å². The van der Waals surface area contributed by atoms with Gasteiger partial charge in [-0.25, -0.2) is 0 Å². The predicted molar refractivity (Wildman–Crippen MR) is 82.1 cm³/mol. The van der Waals surface area contributed by atoms with Crippen LogP contribution in [0, 0.1) is 0 Å². The second-order valence-electron chi connectivity index (χ2n) is 4.80. The topological polar surface area (TPSA) is 50.4 Å². The zero-order chi connectivity index (χ0) is 14.6. The molecule has 0 aliphatic heterocycles. The molecule has 0 spiro atoms. The third-order valence-electron chi connectivity index (χ3n) is 3.08. The minimum absolute atomic E-state index is 0.136. The van der Waals surface area contributed by atoms with Crippen LogP contribution in [0.4, 0.5) is 0 Å². The summed E-state index contributed by atoms with van der Waals surface area (Å²) in [6, 6.07) is 8.00. The lowest BCUT2D eigenvalue weighted by atomic mass is 10.1. The van der Waals surface area contributed by atoms with Crippen molar-refractivity contribution in [3.05, 3.63) is 29.8 Å². The molecule has 1 rings (SSSR count). The summed E-state index contributed by atoms with van der Waals surface area (Å²) < 4.78 is 5.11. The molecule has 0 saturated carbocycles. The van der Waals surface area contributed by atoms with Crippen LogP contribution in [0.1, 0.15) is 31.7 Å². The molecule has 2 N–H and O–H groups in total. The highest BCUT2D eigenvalue weighted by Crippen LogP contribution is 2.13. The average molecular weight is 278 g/mol. The van der Waals surface area contributed by atoms with E-state index in [1.54, 1.807) is 7.11 Å². The molecule has 0 bridgehead atoms. The molecule has 112 valence electrons. The first-order valence-electron chi connectivity index (χ1n) is 7.36. The second kappa shape index (κ2) is 10.3. The molecule has 0 aliphatic carbocycles. The van der Waals surface area contributed by atoms with Crippen molar-refractivity contribution in [2.24, 2.45) is 0 Å². The van der Waals surface area contributed by atoms with Gasteiger partial charge in [0.25, 0.3) is 0 Å². The van der Waals surface area contributed by atoms with Gasteiger partial charge in [-0.1, -0.05) is 19.1 Å². The largest absolute Gasteiger partial charge is 0.497 e. The maximum Gasteiger partial charge on any atom is 0.220 e. The number of carbonyl (C=O) groups is 1. The van der Waals surface area contributed by atoms with Crippen molar-refractivity contribution in [1.82, 2.24) is 10.6 Å². The minimum atomic E-state index is 0.136. The average Bonchev–Trinajstić information content (AvgIpc) is 2.48. The Labute approximate surface area is 121 Å². The highest BCUT2D eigenvalue weighted by Gasteiger charge is 2.01. The summed E-state index contributed by atoms with van der Waals surface area (Å²) in [6.07, 6.45) is 3.50. The van der Waals surface area contributed by atoms with Crippen LogP contribution in [-0.2, 0) is 11.2 Å². The van der Waals surface area contributed by atoms with Crippen molar-refractivity contribution in [2.45, 2.75) is 32.6 Å². The Bertz CT molecular complexity index is 377. The summed E-state index contributed by atoms with van der Waals surface area (Å²) in [6.45, 7) is 4.69. The van der Waals surface area contributed by atoms with Crippen molar-refractivity contribution < 1.29 is 9.53 Å². The van der Waals surface area contributed by atoms with E-state index in [4.69, 9.17) is 4.74 Å². The van der Waals surface area contributed by atoms with Crippen molar-refractivity contribution in [3.8, 4) is 5.75 Å². The maximum absolute atomic E-state index is 11.6. The lowest BCUT2D eigenvalue weighted by molar-refractivity contribution is -0.121. The van der Waals surface area contributed by atoms with Crippen LogP contribution < -0.4 is 15.4 Å². The number of amides is 1. The Balaban J connectivity index is 2.08. The Kier molecular flexibility index (Phi) is 8.47. The number of ether oxygens (including phenoxy) is 1. The summed E-state index contributed by atoms with van der Waals surface area (Å²) in [5.41, 5.74) is 1.24. The fraction of sp³-hybridized carbons (Fsp3) is 0.562. The van der Waals surface area contributed by atoms with E-state index in [9.17, 15) is 4.79 Å². The number of benzene rings is 1. The smallest absolute Gasteiger partial charge is 0.220 e. The summed E-state index contributed by atoms with van der Waals surface area (Å²) >= 11 is 0. The van der Waals surface area contributed by atoms with Crippen molar-refractivity contribution in [1.29, 1.82) is 0 Å². The van der Waals surface area contributed by atoms with Crippen LogP contribution in [0.25, 0.3) is 0 Å². The Hall–Kier alpha value is -1.55. The van der Waals surface area contributed by atoms with E-state index in [0.29, 0.717) is 13.0 Å². The van der Waals surface area contributed by atoms with Gasteiger partial charge in [0.05, 0.1) is 7.11 Å². The molecule has 0 aliphatic rings. The van der Waals surface area contributed by atoms with Crippen LogP contribution in [0.15, 0.2) is 24.3 Å². The number of hydrogen-bond donors (Lipinski definition) is 2. The molecule has 0 fully saturated rings. The van der Waals surface area contributed by atoms with Crippen molar-refractivity contribution in [2.75, 3.05) is 26.7 Å². The van der Waals surface area contributed by atoms with Gasteiger partial charge in [0, 0.05) is 19.5 Å². The molecule has 0 heterocycles. The maximum atomic E-state index is 11.6. The highest BCUT2D eigenvalue weighted by molar-refractivity contribution is 5.75. The first-order chi connectivity index (χ1) is 9.76. The van der Waals surface area contributed by atoms with Crippen LogP contribution in [0.3, 0.4) is 0 Å². The van der Waals surface area contributed by atoms with E-state index >= 15 is 0 Å².